The molecule has 0 aromatic rings. The van der Waals surface area contributed by atoms with Crippen molar-refractivity contribution in [2.24, 2.45) is 11.8 Å². The largest absolute Gasteiger partial charge is 0.481 e. The van der Waals surface area contributed by atoms with Crippen LogP contribution in [0.3, 0.4) is 0 Å². The van der Waals surface area contributed by atoms with E-state index in [1.54, 1.807) is 0 Å². The molecule has 1 heterocycles. The topological polar surface area (TPSA) is 40.5 Å². The zero-order valence-electron chi connectivity index (χ0n) is 10.2. The van der Waals surface area contributed by atoms with Crippen LogP contribution in [-0.4, -0.2) is 35.1 Å². The van der Waals surface area contributed by atoms with Crippen LogP contribution in [0, 0.1) is 11.8 Å². The molecule has 2 unspecified atom stereocenters. The Hall–Kier alpha value is -0.570. The van der Waals surface area contributed by atoms with E-state index >= 15 is 0 Å². The zero-order chi connectivity index (χ0) is 11.5. The van der Waals surface area contributed by atoms with E-state index in [0.717, 1.165) is 24.9 Å². The van der Waals surface area contributed by atoms with Crippen LogP contribution in [0.15, 0.2) is 0 Å². The number of nitrogens with zero attached hydrogens (tertiary/aromatic N) is 1. The molecule has 1 aliphatic heterocycles. The lowest BCUT2D eigenvalue weighted by atomic mass is 9.92. The van der Waals surface area contributed by atoms with E-state index in [9.17, 15) is 4.79 Å². The van der Waals surface area contributed by atoms with Crippen LogP contribution < -0.4 is 0 Å². The summed E-state index contributed by atoms with van der Waals surface area (Å²) in [4.78, 5) is 13.3. The summed E-state index contributed by atoms with van der Waals surface area (Å²) < 4.78 is 0. The number of carboxylic acids is 1. The van der Waals surface area contributed by atoms with Gasteiger partial charge in [0, 0.05) is 19.0 Å². The Morgan fingerprint density at radius 3 is 2.75 bits per heavy atom. The smallest absolute Gasteiger partial charge is 0.303 e. The molecule has 1 saturated carbocycles. The van der Waals surface area contributed by atoms with Gasteiger partial charge in [0.1, 0.15) is 0 Å². The van der Waals surface area contributed by atoms with Gasteiger partial charge in [0.05, 0.1) is 0 Å². The number of rotatable bonds is 5. The number of likely N-dealkylation sites (tertiary alicyclic amines) is 1. The van der Waals surface area contributed by atoms with Crippen molar-refractivity contribution < 1.29 is 9.90 Å². The maximum atomic E-state index is 10.7. The van der Waals surface area contributed by atoms with Crippen molar-refractivity contribution in [2.75, 3.05) is 13.1 Å². The summed E-state index contributed by atoms with van der Waals surface area (Å²) in [7, 11) is 0. The lowest BCUT2D eigenvalue weighted by Crippen LogP contribution is -2.44. The monoisotopic (exact) mass is 225 g/mol. The van der Waals surface area contributed by atoms with Gasteiger partial charge < -0.3 is 5.11 Å². The van der Waals surface area contributed by atoms with Gasteiger partial charge in [-0.2, -0.15) is 0 Å². The van der Waals surface area contributed by atoms with Crippen molar-refractivity contribution in [3.05, 3.63) is 0 Å². The predicted octanol–water partition coefficient (Wildman–Crippen LogP) is 2.36. The van der Waals surface area contributed by atoms with Crippen molar-refractivity contribution in [1.29, 1.82) is 0 Å². The first-order chi connectivity index (χ1) is 7.70. The van der Waals surface area contributed by atoms with Crippen LogP contribution in [0.5, 0.6) is 0 Å². The predicted molar refractivity (Wildman–Crippen MR) is 63.4 cm³/mol. The van der Waals surface area contributed by atoms with Crippen LogP contribution in [0.1, 0.15) is 45.4 Å². The molecule has 2 aliphatic rings. The fraction of sp³-hybridized carbons (Fsp3) is 0.923. The maximum absolute atomic E-state index is 10.7. The molecule has 1 aliphatic carbocycles. The molecule has 0 aromatic heterocycles. The lowest BCUT2D eigenvalue weighted by molar-refractivity contribution is -0.138. The van der Waals surface area contributed by atoms with E-state index in [1.807, 2.05) is 0 Å². The molecular weight excluding hydrogens is 202 g/mol. The van der Waals surface area contributed by atoms with Crippen molar-refractivity contribution in [1.82, 2.24) is 4.90 Å². The SMILES string of the molecule is CCC(C1CC1)N1CCCC(CC(=O)O)C1. The summed E-state index contributed by atoms with van der Waals surface area (Å²) in [6.45, 7) is 4.47. The van der Waals surface area contributed by atoms with Gasteiger partial charge in [0.25, 0.3) is 0 Å². The van der Waals surface area contributed by atoms with Crippen molar-refractivity contribution >= 4 is 5.97 Å². The molecule has 16 heavy (non-hydrogen) atoms. The van der Waals surface area contributed by atoms with Crippen LogP contribution in [0.25, 0.3) is 0 Å². The first kappa shape index (κ1) is 11.9. The number of carbonyl (C=O) groups is 1. The van der Waals surface area contributed by atoms with Crippen molar-refractivity contribution in [2.45, 2.75) is 51.5 Å². The Morgan fingerprint density at radius 2 is 2.19 bits per heavy atom. The second kappa shape index (κ2) is 5.17. The molecule has 0 radical (unpaired) electrons. The highest BCUT2D eigenvalue weighted by Gasteiger charge is 2.36. The molecule has 0 bridgehead atoms. The molecular formula is C13H23NO2. The van der Waals surface area contributed by atoms with E-state index in [4.69, 9.17) is 5.11 Å². The first-order valence-corrected chi connectivity index (χ1v) is 6.66. The van der Waals surface area contributed by atoms with Gasteiger partial charge in [-0.25, -0.2) is 0 Å². The second-order valence-corrected chi connectivity index (χ2v) is 5.41. The summed E-state index contributed by atoms with van der Waals surface area (Å²) >= 11 is 0. The minimum atomic E-state index is -0.633. The molecule has 2 fully saturated rings. The van der Waals surface area contributed by atoms with E-state index in [1.165, 1.54) is 32.2 Å². The fourth-order valence-corrected chi connectivity index (χ4v) is 3.18. The van der Waals surface area contributed by atoms with Crippen molar-refractivity contribution in [3.63, 3.8) is 0 Å². The van der Waals surface area contributed by atoms with Gasteiger partial charge in [-0.3, -0.25) is 9.69 Å². The number of hydrogen-bond acceptors (Lipinski definition) is 2. The van der Waals surface area contributed by atoms with E-state index < -0.39 is 5.97 Å². The Bertz CT molecular complexity index is 250. The first-order valence-electron chi connectivity index (χ1n) is 6.66. The highest BCUT2D eigenvalue weighted by Crippen LogP contribution is 2.38. The summed E-state index contributed by atoms with van der Waals surface area (Å²) in [5, 5.41) is 8.85. The average Bonchev–Trinajstić information content (AvgIpc) is 3.03. The number of carboxylic acid groups (broad SMARTS) is 1. The second-order valence-electron chi connectivity index (χ2n) is 5.41. The fourth-order valence-electron chi connectivity index (χ4n) is 3.18. The Balaban J connectivity index is 1.87. The molecule has 2 atom stereocenters. The third-order valence-electron chi connectivity index (χ3n) is 4.07. The van der Waals surface area contributed by atoms with E-state index in [2.05, 4.69) is 11.8 Å². The minimum Gasteiger partial charge on any atom is -0.481 e. The van der Waals surface area contributed by atoms with Crippen molar-refractivity contribution in [3.8, 4) is 0 Å². The lowest BCUT2D eigenvalue weighted by Gasteiger charge is -2.38. The van der Waals surface area contributed by atoms with Gasteiger partial charge in [-0.1, -0.05) is 6.92 Å². The van der Waals surface area contributed by atoms with Gasteiger partial charge in [-0.05, 0) is 50.5 Å². The average molecular weight is 225 g/mol. The van der Waals surface area contributed by atoms with E-state index in [0.29, 0.717) is 12.3 Å². The molecule has 0 aromatic carbocycles. The van der Waals surface area contributed by atoms with Crippen LogP contribution >= 0.6 is 0 Å². The molecule has 1 saturated heterocycles. The highest BCUT2D eigenvalue weighted by atomic mass is 16.4. The summed E-state index contributed by atoms with van der Waals surface area (Å²) in [6, 6.07) is 0.733. The van der Waals surface area contributed by atoms with Gasteiger partial charge in [-0.15, -0.1) is 0 Å². The number of piperidine rings is 1. The van der Waals surface area contributed by atoms with Gasteiger partial charge in [0.2, 0.25) is 0 Å². The van der Waals surface area contributed by atoms with Gasteiger partial charge in [0.15, 0.2) is 0 Å². The maximum Gasteiger partial charge on any atom is 0.303 e. The molecule has 2 rings (SSSR count). The molecule has 3 heteroatoms. The van der Waals surface area contributed by atoms with E-state index in [-0.39, 0.29) is 0 Å². The van der Waals surface area contributed by atoms with Gasteiger partial charge >= 0.3 is 5.97 Å². The Morgan fingerprint density at radius 1 is 1.44 bits per heavy atom. The molecule has 1 N–H and O–H groups in total. The van der Waals surface area contributed by atoms with Crippen LogP contribution in [0.4, 0.5) is 0 Å². The van der Waals surface area contributed by atoms with Crippen LogP contribution in [-0.2, 0) is 4.79 Å². The minimum absolute atomic E-state index is 0.359. The highest BCUT2D eigenvalue weighted by molar-refractivity contribution is 5.67. The Labute approximate surface area is 97.8 Å². The number of aliphatic carboxylic acids is 1. The standard InChI is InChI=1S/C13H23NO2/c1-2-12(11-5-6-11)14-7-3-4-10(9-14)8-13(15)16/h10-12H,2-9H2,1H3,(H,15,16). The van der Waals surface area contributed by atoms with Crippen LogP contribution in [0.2, 0.25) is 0 Å². The third-order valence-corrected chi connectivity index (χ3v) is 4.07. The number of hydrogen-bond donors (Lipinski definition) is 1. The molecule has 0 amide bonds. The Kier molecular flexibility index (Phi) is 3.85. The molecule has 3 nitrogen and oxygen atoms in total. The summed E-state index contributed by atoms with van der Waals surface area (Å²) in [5.74, 6) is 0.666. The zero-order valence-corrected chi connectivity index (χ0v) is 10.2. The molecule has 0 spiro atoms. The third kappa shape index (κ3) is 2.97. The normalized spacial score (nSPS) is 28.9. The molecule has 92 valence electrons. The quantitative estimate of drug-likeness (QED) is 0.781. The summed E-state index contributed by atoms with van der Waals surface area (Å²) in [5.41, 5.74) is 0. The summed E-state index contributed by atoms with van der Waals surface area (Å²) in [6.07, 6.45) is 6.64.